The van der Waals surface area contributed by atoms with Gasteiger partial charge in [-0.05, 0) is 47.8 Å². The number of aromatic nitrogens is 5. The first-order chi connectivity index (χ1) is 16.4. The highest BCUT2D eigenvalue weighted by molar-refractivity contribution is 9.10. The minimum absolute atomic E-state index is 0.102. The monoisotopic (exact) mass is 521 g/mol. The highest BCUT2D eigenvalue weighted by Crippen LogP contribution is 2.30. The van der Waals surface area contributed by atoms with Crippen molar-refractivity contribution in [3.05, 3.63) is 70.2 Å². The first-order valence-electron chi connectivity index (χ1n) is 11.1. The molecule has 34 heavy (non-hydrogen) atoms. The predicted octanol–water partition coefficient (Wildman–Crippen LogP) is 3.96. The number of hydrogen-bond acceptors (Lipinski definition) is 5. The number of hydrogen-bond donors (Lipinski definition) is 1. The lowest BCUT2D eigenvalue weighted by Crippen LogP contribution is -2.36. The summed E-state index contributed by atoms with van der Waals surface area (Å²) in [5, 5.41) is 12.1. The van der Waals surface area contributed by atoms with Crippen LogP contribution in [0.3, 0.4) is 0 Å². The summed E-state index contributed by atoms with van der Waals surface area (Å²) in [6.45, 7) is 5.06. The first-order valence-corrected chi connectivity index (χ1v) is 11.9. The molecule has 4 aromatic rings. The van der Waals surface area contributed by atoms with Gasteiger partial charge in [-0.1, -0.05) is 17.7 Å². The zero-order valence-corrected chi connectivity index (χ0v) is 20.5. The summed E-state index contributed by atoms with van der Waals surface area (Å²) >= 11 is 3.37. The van der Waals surface area contributed by atoms with Crippen LogP contribution in [-0.2, 0) is 4.79 Å². The van der Waals surface area contributed by atoms with E-state index >= 15 is 0 Å². The van der Waals surface area contributed by atoms with Gasteiger partial charge in [0.05, 0.1) is 22.1 Å². The second-order valence-electron chi connectivity index (χ2n) is 8.53. The van der Waals surface area contributed by atoms with Gasteiger partial charge in [0.1, 0.15) is 11.4 Å². The number of carbonyl (C=O) groups excluding carboxylic acids is 2. The van der Waals surface area contributed by atoms with Gasteiger partial charge in [0, 0.05) is 44.4 Å². The van der Waals surface area contributed by atoms with E-state index in [4.69, 9.17) is 5.10 Å². The molecule has 0 unspecified atom stereocenters. The lowest BCUT2D eigenvalue weighted by Gasteiger charge is -2.30. The maximum absolute atomic E-state index is 13.2. The Kier molecular flexibility index (Phi) is 5.91. The minimum Gasteiger partial charge on any atom is -0.343 e. The molecule has 0 aliphatic carbocycles. The Balaban J connectivity index is 1.46. The minimum atomic E-state index is -0.309. The number of carbonyl (C=O) groups is 2. The molecular weight excluding hydrogens is 498 g/mol. The maximum atomic E-state index is 13.2. The largest absolute Gasteiger partial charge is 0.343 e. The van der Waals surface area contributed by atoms with Crippen molar-refractivity contribution in [3.63, 3.8) is 0 Å². The van der Waals surface area contributed by atoms with Gasteiger partial charge in [-0.2, -0.15) is 10.2 Å². The fourth-order valence-electron chi connectivity index (χ4n) is 4.26. The Morgan fingerprint density at radius 3 is 2.56 bits per heavy atom. The molecule has 0 bridgehead atoms. The van der Waals surface area contributed by atoms with Crippen molar-refractivity contribution in [3.8, 4) is 5.69 Å². The number of anilines is 1. The van der Waals surface area contributed by atoms with Crippen molar-refractivity contribution < 1.29 is 9.59 Å². The highest BCUT2D eigenvalue weighted by Gasteiger charge is 2.26. The normalized spacial score (nSPS) is 14.5. The Morgan fingerprint density at radius 1 is 1.12 bits per heavy atom. The molecular formula is C24H24BrN7O2. The number of amides is 2. The van der Waals surface area contributed by atoms with E-state index < -0.39 is 0 Å². The molecule has 0 radical (unpaired) electrons. The van der Waals surface area contributed by atoms with Gasteiger partial charge < -0.3 is 10.2 Å². The molecule has 1 fully saturated rings. The molecule has 9 nitrogen and oxygen atoms in total. The Hall–Kier alpha value is -3.53. The molecule has 1 saturated heterocycles. The number of likely N-dealkylation sites (tertiary alicyclic amines) is 1. The van der Waals surface area contributed by atoms with Crippen LogP contribution in [0.2, 0.25) is 0 Å². The number of rotatable bonds is 4. The molecule has 3 aromatic heterocycles. The van der Waals surface area contributed by atoms with Gasteiger partial charge in [-0.3, -0.25) is 9.59 Å². The van der Waals surface area contributed by atoms with E-state index in [1.807, 2.05) is 42.2 Å². The van der Waals surface area contributed by atoms with E-state index in [-0.39, 0.29) is 17.7 Å². The summed E-state index contributed by atoms with van der Waals surface area (Å²) in [6.07, 6.45) is 6.57. The van der Waals surface area contributed by atoms with Crippen LogP contribution >= 0.6 is 15.9 Å². The number of halogens is 1. The molecule has 1 aromatic carbocycles. The molecule has 1 N–H and O–H groups in total. The van der Waals surface area contributed by atoms with Gasteiger partial charge in [0.15, 0.2) is 5.65 Å². The molecule has 5 rings (SSSR count). The van der Waals surface area contributed by atoms with Crippen LogP contribution in [-0.4, -0.2) is 54.2 Å². The number of piperidine rings is 1. The van der Waals surface area contributed by atoms with E-state index in [2.05, 4.69) is 31.3 Å². The first kappa shape index (κ1) is 22.3. The maximum Gasteiger partial charge on any atom is 0.262 e. The lowest BCUT2D eigenvalue weighted by molar-refractivity contribution is -0.129. The van der Waals surface area contributed by atoms with Crippen molar-refractivity contribution in [1.82, 2.24) is 29.3 Å². The molecule has 4 heterocycles. The molecule has 0 spiro atoms. The average molecular weight is 522 g/mol. The summed E-state index contributed by atoms with van der Waals surface area (Å²) < 4.78 is 4.09. The molecule has 2 amide bonds. The van der Waals surface area contributed by atoms with Crippen LogP contribution in [0.1, 0.15) is 47.3 Å². The predicted molar refractivity (Wildman–Crippen MR) is 131 cm³/mol. The Morgan fingerprint density at radius 2 is 1.85 bits per heavy atom. The Bertz CT molecular complexity index is 1370. The zero-order valence-electron chi connectivity index (χ0n) is 18.9. The lowest BCUT2D eigenvalue weighted by atomic mass is 9.93. The second kappa shape index (κ2) is 9.02. The number of aryl methyl sites for hydroxylation is 1. The molecule has 10 heteroatoms. The summed E-state index contributed by atoms with van der Waals surface area (Å²) in [7, 11) is 0. The van der Waals surface area contributed by atoms with Crippen molar-refractivity contribution in [2.24, 2.45) is 0 Å². The van der Waals surface area contributed by atoms with E-state index in [0.29, 0.717) is 30.1 Å². The third-order valence-electron chi connectivity index (χ3n) is 6.18. The molecule has 174 valence electrons. The van der Waals surface area contributed by atoms with Crippen LogP contribution in [0, 0.1) is 6.92 Å². The molecule has 0 atom stereocenters. The topological polar surface area (TPSA) is 97.4 Å². The SMILES string of the molecule is CC(=O)N1CCC(c2cc(NC(=O)c3cnn4cc(Br)cnc34)n(-c3ccc(C)cc3)n2)CC1. The van der Waals surface area contributed by atoms with Crippen molar-refractivity contribution >= 4 is 39.2 Å². The van der Waals surface area contributed by atoms with E-state index in [1.165, 1.54) is 6.20 Å². The average Bonchev–Trinajstić information content (AvgIpc) is 3.44. The highest BCUT2D eigenvalue weighted by atomic mass is 79.9. The van der Waals surface area contributed by atoms with Crippen LogP contribution < -0.4 is 5.32 Å². The van der Waals surface area contributed by atoms with Gasteiger partial charge in [-0.15, -0.1) is 0 Å². The van der Waals surface area contributed by atoms with Gasteiger partial charge in [-0.25, -0.2) is 14.2 Å². The van der Waals surface area contributed by atoms with Gasteiger partial charge in [0.25, 0.3) is 5.91 Å². The van der Waals surface area contributed by atoms with Gasteiger partial charge >= 0.3 is 0 Å². The van der Waals surface area contributed by atoms with Crippen molar-refractivity contribution in [1.29, 1.82) is 0 Å². The summed E-state index contributed by atoms with van der Waals surface area (Å²) in [6, 6.07) is 9.92. The molecule has 0 saturated carbocycles. The van der Waals surface area contributed by atoms with Crippen LogP contribution in [0.25, 0.3) is 11.3 Å². The number of nitrogens with zero attached hydrogens (tertiary/aromatic N) is 6. The quantitative estimate of drug-likeness (QED) is 0.438. The number of benzene rings is 1. The smallest absolute Gasteiger partial charge is 0.262 e. The zero-order chi connectivity index (χ0) is 23.8. The number of fused-ring (bicyclic) bond motifs is 1. The standard InChI is InChI=1S/C24H24BrN7O2/c1-15-3-5-19(6-4-15)32-22(11-21(29-32)17-7-9-30(10-8-17)16(2)33)28-24(34)20-13-27-31-14-18(25)12-26-23(20)31/h3-6,11-14,17H,7-10H2,1-2H3,(H,28,34). The Labute approximate surface area is 204 Å². The molecule has 1 aliphatic rings. The van der Waals surface area contributed by atoms with E-state index in [9.17, 15) is 9.59 Å². The van der Waals surface area contributed by atoms with Gasteiger partial charge in [0.2, 0.25) is 5.91 Å². The van der Waals surface area contributed by atoms with Crippen LogP contribution in [0.15, 0.2) is 53.4 Å². The van der Waals surface area contributed by atoms with Crippen LogP contribution in [0.4, 0.5) is 5.82 Å². The second-order valence-corrected chi connectivity index (χ2v) is 9.45. The van der Waals surface area contributed by atoms with E-state index in [0.717, 1.165) is 34.3 Å². The third-order valence-corrected chi connectivity index (χ3v) is 6.59. The van der Waals surface area contributed by atoms with E-state index in [1.54, 1.807) is 28.5 Å². The summed E-state index contributed by atoms with van der Waals surface area (Å²) in [5.74, 6) is 0.588. The molecule has 1 aliphatic heterocycles. The number of nitrogens with one attached hydrogen (secondary N) is 1. The summed E-state index contributed by atoms with van der Waals surface area (Å²) in [4.78, 5) is 31.1. The fraction of sp³-hybridized carbons (Fsp3) is 0.292. The summed E-state index contributed by atoms with van der Waals surface area (Å²) in [5.41, 5.74) is 3.75. The van der Waals surface area contributed by atoms with Crippen LogP contribution in [0.5, 0.6) is 0 Å². The third kappa shape index (κ3) is 4.33. The van der Waals surface area contributed by atoms with Crippen molar-refractivity contribution in [2.45, 2.75) is 32.6 Å². The fourth-order valence-corrected chi connectivity index (χ4v) is 4.55. The van der Waals surface area contributed by atoms with Crippen molar-refractivity contribution in [2.75, 3.05) is 18.4 Å².